The quantitative estimate of drug-likeness (QED) is 0.608. The molecule has 0 saturated carbocycles. The first-order valence-electron chi connectivity index (χ1n) is 8.41. The zero-order chi connectivity index (χ0) is 21.0. The zero-order valence-electron chi connectivity index (χ0n) is 15.5. The molecule has 0 unspecified atom stereocenters. The van der Waals surface area contributed by atoms with E-state index in [1.165, 1.54) is 36.6 Å². The number of rotatable bonds is 7. The summed E-state index contributed by atoms with van der Waals surface area (Å²) in [6, 6.07) is 8.27. The van der Waals surface area contributed by atoms with Crippen LogP contribution in [0, 0.1) is 5.82 Å². The largest absolute Gasteiger partial charge is 0.495 e. The summed E-state index contributed by atoms with van der Waals surface area (Å²) < 4.78 is 47.2. The number of methoxy groups -OCH3 is 1. The number of carbonyl (C=O) groups is 1. The molecule has 0 bridgehead atoms. The van der Waals surface area contributed by atoms with Crippen LogP contribution in [0.5, 0.6) is 5.75 Å². The van der Waals surface area contributed by atoms with Crippen LogP contribution in [0.2, 0.25) is 0 Å². The van der Waals surface area contributed by atoms with Gasteiger partial charge in [0.25, 0.3) is 10.0 Å². The van der Waals surface area contributed by atoms with Gasteiger partial charge in [-0.2, -0.15) is 5.10 Å². The van der Waals surface area contributed by atoms with E-state index in [0.29, 0.717) is 5.69 Å². The number of nitrogens with zero attached hydrogens (tertiary/aromatic N) is 3. The average Bonchev–Trinajstić information content (AvgIpc) is 3.22. The maximum Gasteiger partial charge on any atom is 0.262 e. The fourth-order valence-electron chi connectivity index (χ4n) is 2.47. The SMILES string of the molecule is COc1ccc(NC(=O)[C@@H](C)n2cncn2)cc1NS(=O)(=O)c1ccc(F)cc1. The van der Waals surface area contributed by atoms with Gasteiger partial charge in [-0.1, -0.05) is 0 Å². The molecule has 9 nitrogen and oxygen atoms in total. The molecule has 2 aromatic carbocycles. The molecule has 1 heterocycles. The third-order valence-electron chi connectivity index (χ3n) is 4.05. The van der Waals surface area contributed by atoms with Gasteiger partial charge in [0.2, 0.25) is 5.91 Å². The first-order valence-corrected chi connectivity index (χ1v) is 9.90. The molecule has 3 rings (SSSR count). The van der Waals surface area contributed by atoms with Gasteiger partial charge in [0.15, 0.2) is 0 Å². The minimum absolute atomic E-state index is 0.114. The van der Waals surface area contributed by atoms with E-state index in [-0.39, 0.29) is 22.2 Å². The average molecular weight is 419 g/mol. The van der Waals surface area contributed by atoms with Crippen molar-refractivity contribution in [3.05, 3.63) is 60.9 Å². The highest BCUT2D eigenvalue weighted by Crippen LogP contribution is 2.30. The van der Waals surface area contributed by atoms with Crippen molar-refractivity contribution in [2.45, 2.75) is 17.9 Å². The Balaban J connectivity index is 1.83. The Morgan fingerprint density at radius 2 is 1.93 bits per heavy atom. The monoisotopic (exact) mass is 419 g/mol. The van der Waals surface area contributed by atoms with E-state index in [9.17, 15) is 17.6 Å². The van der Waals surface area contributed by atoms with Gasteiger partial charge in [-0.05, 0) is 49.4 Å². The Morgan fingerprint density at radius 1 is 1.21 bits per heavy atom. The second-order valence-electron chi connectivity index (χ2n) is 6.02. The lowest BCUT2D eigenvalue weighted by Gasteiger charge is -2.15. The minimum atomic E-state index is -3.99. The molecule has 0 aliphatic carbocycles. The number of anilines is 2. The van der Waals surface area contributed by atoms with Gasteiger partial charge in [-0.25, -0.2) is 22.5 Å². The number of nitrogens with one attached hydrogen (secondary N) is 2. The molecular weight excluding hydrogens is 401 g/mol. The summed E-state index contributed by atoms with van der Waals surface area (Å²) >= 11 is 0. The fourth-order valence-corrected chi connectivity index (χ4v) is 3.53. The lowest BCUT2D eigenvalue weighted by Crippen LogP contribution is -2.24. The molecule has 1 atom stereocenters. The number of hydrogen-bond donors (Lipinski definition) is 2. The molecule has 152 valence electrons. The number of sulfonamides is 1. The second kappa shape index (κ2) is 8.27. The third-order valence-corrected chi connectivity index (χ3v) is 5.43. The van der Waals surface area contributed by atoms with Gasteiger partial charge < -0.3 is 10.1 Å². The van der Waals surface area contributed by atoms with Crippen LogP contribution in [0.4, 0.5) is 15.8 Å². The van der Waals surface area contributed by atoms with E-state index in [0.717, 1.165) is 24.3 Å². The van der Waals surface area contributed by atoms with Crippen molar-refractivity contribution in [1.29, 1.82) is 0 Å². The lowest BCUT2D eigenvalue weighted by molar-refractivity contribution is -0.119. The number of hydrogen-bond acceptors (Lipinski definition) is 6. The number of halogens is 1. The minimum Gasteiger partial charge on any atom is -0.495 e. The Morgan fingerprint density at radius 3 is 2.55 bits per heavy atom. The van der Waals surface area contributed by atoms with Crippen molar-refractivity contribution in [3.8, 4) is 5.75 Å². The number of benzene rings is 2. The molecule has 1 amide bonds. The zero-order valence-corrected chi connectivity index (χ0v) is 16.4. The van der Waals surface area contributed by atoms with Crippen LogP contribution in [0.25, 0.3) is 0 Å². The van der Waals surface area contributed by atoms with Gasteiger partial charge in [-0.15, -0.1) is 0 Å². The summed E-state index contributed by atoms with van der Waals surface area (Å²) in [4.78, 5) is 16.1. The molecular formula is C18H18FN5O4S. The standard InChI is InChI=1S/C18H18FN5O4S/c1-12(24-11-20-10-21-24)18(25)22-14-5-8-17(28-2)16(9-14)23-29(26,27)15-6-3-13(19)4-7-15/h3-12,23H,1-2H3,(H,22,25)/t12-/m1/s1. The van der Waals surface area contributed by atoms with E-state index in [1.807, 2.05) is 0 Å². The highest BCUT2D eigenvalue weighted by atomic mass is 32.2. The van der Waals surface area contributed by atoms with E-state index in [2.05, 4.69) is 20.1 Å². The third kappa shape index (κ3) is 4.69. The second-order valence-corrected chi connectivity index (χ2v) is 7.70. The van der Waals surface area contributed by atoms with Crippen LogP contribution in [-0.4, -0.2) is 36.2 Å². The summed E-state index contributed by atoms with van der Waals surface area (Å²) in [6.07, 6.45) is 2.74. The maximum atomic E-state index is 13.1. The summed E-state index contributed by atoms with van der Waals surface area (Å²) in [6.45, 7) is 1.64. The highest BCUT2D eigenvalue weighted by Gasteiger charge is 2.19. The molecule has 2 N–H and O–H groups in total. The van der Waals surface area contributed by atoms with Crippen LogP contribution in [-0.2, 0) is 14.8 Å². The Bertz CT molecular complexity index is 1100. The molecule has 1 aromatic heterocycles. The number of carbonyl (C=O) groups excluding carboxylic acids is 1. The van der Waals surface area contributed by atoms with Crippen LogP contribution in [0.15, 0.2) is 60.0 Å². The van der Waals surface area contributed by atoms with Crippen molar-refractivity contribution in [2.24, 2.45) is 0 Å². The van der Waals surface area contributed by atoms with Crippen molar-refractivity contribution < 1.29 is 22.3 Å². The fraction of sp³-hybridized carbons (Fsp3) is 0.167. The van der Waals surface area contributed by atoms with Crippen LogP contribution >= 0.6 is 0 Å². The highest BCUT2D eigenvalue weighted by molar-refractivity contribution is 7.92. The van der Waals surface area contributed by atoms with Gasteiger partial charge in [-0.3, -0.25) is 9.52 Å². The molecule has 29 heavy (non-hydrogen) atoms. The number of aromatic nitrogens is 3. The molecule has 0 aliphatic rings. The molecule has 0 spiro atoms. The summed E-state index contributed by atoms with van der Waals surface area (Å²) in [7, 11) is -2.61. The van der Waals surface area contributed by atoms with Crippen molar-refractivity contribution in [3.63, 3.8) is 0 Å². The van der Waals surface area contributed by atoms with Gasteiger partial charge >= 0.3 is 0 Å². The van der Waals surface area contributed by atoms with E-state index < -0.39 is 21.9 Å². The van der Waals surface area contributed by atoms with Gasteiger partial charge in [0.05, 0.1) is 17.7 Å². The van der Waals surface area contributed by atoms with Crippen LogP contribution in [0.1, 0.15) is 13.0 Å². The Kier molecular flexibility index (Phi) is 5.78. The predicted molar refractivity (Wildman–Crippen MR) is 104 cm³/mol. The van der Waals surface area contributed by atoms with Crippen molar-refractivity contribution in [1.82, 2.24) is 14.8 Å². The molecule has 0 fully saturated rings. The Hall–Kier alpha value is -3.47. The normalized spacial score (nSPS) is 12.2. The van der Waals surface area contributed by atoms with E-state index in [4.69, 9.17) is 4.74 Å². The lowest BCUT2D eigenvalue weighted by atomic mass is 10.2. The Labute approximate surface area is 166 Å². The number of amides is 1. The molecule has 0 radical (unpaired) electrons. The van der Waals surface area contributed by atoms with Crippen LogP contribution in [0.3, 0.4) is 0 Å². The first-order chi connectivity index (χ1) is 13.8. The summed E-state index contributed by atoms with van der Waals surface area (Å²) in [5.74, 6) is -0.668. The van der Waals surface area contributed by atoms with E-state index >= 15 is 0 Å². The van der Waals surface area contributed by atoms with Crippen molar-refractivity contribution in [2.75, 3.05) is 17.1 Å². The predicted octanol–water partition coefficient (Wildman–Crippen LogP) is 2.43. The topological polar surface area (TPSA) is 115 Å². The molecule has 3 aromatic rings. The van der Waals surface area contributed by atoms with Gasteiger partial charge in [0.1, 0.15) is 30.3 Å². The first kappa shape index (κ1) is 20.3. The number of ether oxygens (including phenoxy) is 1. The van der Waals surface area contributed by atoms with E-state index in [1.54, 1.807) is 13.0 Å². The summed E-state index contributed by atoms with van der Waals surface area (Å²) in [5.41, 5.74) is 0.461. The molecule has 0 saturated heterocycles. The smallest absolute Gasteiger partial charge is 0.262 e. The van der Waals surface area contributed by atoms with Crippen molar-refractivity contribution >= 4 is 27.3 Å². The van der Waals surface area contributed by atoms with Crippen LogP contribution < -0.4 is 14.8 Å². The molecule has 0 aliphatic heterocycles. The molecule has 11 heteroatoms. The summed E-state index contributed by atoms with van der Waals surface area (Å²) in [5, 5.41) is 6.61. The maximum absolute atomic E-state index is 13.1. The van der Waals surface area contributed by atoms with Gasteiger partial charge in [0, 0.05) is 5.69 Å².